The Morgan fingerprint density at radius 3 is 2.10 bits per heavy atom. The second-order valence-corrected chi connectivity index (χ2v) is 21.6. The Bertz CT molecular complexity index is 1360. The average molecular weight is 752 g/mol. The molecule has 5 rings (SSSR count). The maximum absolute atomic E-state index is 12.6. The Hall–Kier alpha value is -2.29. The molecule has 1 aliphatic carbocycles. The zero-order valence-corrected chi connectivity index (χ0v) is 32.5. The molecule has 0 spiro atoms. The number of carbonyl (C=O) groups is 1. The van der Waals surface area contributed by atoms with Gasteiger partial charge in [-0.3, -0.25) is 0 Å². The summed E-state index contributed by atoms with van der Waals surface area (Å²) in [7, 11) is -1.27. The second-order valence-electron chi connectivity index (χ2n) is 14.7. The summed E-state index contributed by atoms with van der Waals surface area (Å²) in [5.74, 6) is 0.00342. The van der Waals surface area contributed by atoms with Crippen molar-refractivity contribution < 1.29 is 28.5 Å². The van der Waals surface area contributed by atoms with Gasteiger partial charge in [0.05, 0.1) is 0 Å². The average Bonchev–Trinajstić information content (AvgIpc) is 3.41. The molecule has 1 aliphatic heterocycles. The normalized spacial score (nSPS) is 23.7. The molecule has 1 saturated carbocycles. The summed E-state index contributed by atoms with van der Waals surface area (Å²) in [5.41, 5.74) is 0. The molecule has 266 valence electrons. The van der Waals surface area contributed by atoms with Crippen LogP contribution in [-0.4, -0.2) is 73.2 Å². The van der Waals surface area contributed by atoms with E-state index in [1.54, 1.807) is 0 Å². The number of carbonyl (C=O) groups excluding carboxylic acids is 1. The molecular formula is C41H56O6SeSi. The van der Waals surface area contributed by atoms with Crippen LogP contribution in [-0.2, 0) is 23.4 Å². The van der Waals surface area contributed by atoms with Crippen molar-refractivity contribution in [3.05, 3.63) is 91.0 Å². The van der Waals surface area contributed by atoms with Crippen molar-refractivity contribution in [2.45, 2.75) is 107 Å². The van der Waals surface area contributed by atoms with Crippen LogP contribution in [0.1, 0.15) is 78.6 Å². The molecule has 0 aromatic heterocycles. The van der Waals surface area contributed by atoms with Gasteiger partial charge in [0, 0.05) is 6.61 Å². The third-order valence-corrected chi connectivity index (χ3v) is 18.0. The minimum atomic E-state index is -2.76. The standard InChI is InChI=1S/C41H56O6SeSi/c1-41(2,3)49(32-21-11-6-12-22-32,33-23-13-7-14-24-33)46-30-35-34(36(42)29-37(35)47-39-27-17-18-28-45-39)25-15-8-16-26-38(40(43)44-4)48-31-19-9-5-10-20-31/h5-7,9-14,19-24,34-39,42H,8,15-18,25-30H2,1-4H3/t34-,35-,36+,37-,38?,39?/m0/s1. The number of ether oxygens (including phenoxy) is 3. The van der Waals surface area contributed by atoms with Crippen LogP contribution in [0.15, 0.2) is 91.0 Å². The third kappa shape index (κ3) is 9.73. The number of rotatable bonds is 16. The van der Waals surface area contributed by atoms with Crippen LogP contribution in [0.25, 0.3) is 0 Å². The first-order valence-corrected chi connectivity index (χ1v) is 22.0. The zero-order chi connectivity index (χ0) is 34.7. The summed E-state index contributed by atoms with van der Waals surface area (Å²) in [6, 6.07) is 31.8. The van der Waals surface area contributed by atoms with E-state index in [1.165, 1.54) is 21.9 Å². The van der Waals surface area contributed by atoms with Crippen LogP contribution in [0, 0.1) is 11.8 Å². The molecule has 6 nitrogen and oxygen atoms in total. The van der Waals surface area contributed by atoms with Gasteiger partial charge in [0.2, 0.25) is 0 Å². The molecule has 8 heteroatoms. The second kappa shape index (κ2) is 18.3. The number of hydrogen-bond donors (Lipinski definition) is 1. The summed E-state index contributed by atoms with van der Waals surface area (Å²) >= 11 is 0.0329. The molecule has 1 heterocycles. The first-order valence-electron chi connectivity index (χ1n) is 18.2. The summed E-state index contributed by atoms with van der Waals surface area (Å²) in [6.07, 6.45) is 7.52. The number of esters is 1. The van der Waals surface area contributed by atoms with Gasteiger partial charge in [-0.2, -0.15) is 0 Å². The van der Waals surface area contributed by atoms with Gasteiger partial charge in [0.15, 0.2) is 0 Å². The molecule has 0 amide bonds. The summed E-state index contributed by atoms with van der Waals surface area (Å²) < 4.78 is 26.6. The number of unbranched alkanes of at least 4 members (excludes halogenated alkanes) is 2. The Morgan fingerprint density at radius 2 is 1.53 bits per heavy atom. The molecule has 49 heavy (non-hydrogen) atoms. The number of hydrogen-bond acceptors (Lipinski definition) is 6. The van der Waals surface area contributed by atoms with Crippen LogP contribution < -0.4 is 14.8 Å². The number of benzene rings is 3. The molecule has 3 aromatic carbocycles. The number of aliphatic hydroxyl groups excluding tert-OH is 1. The summed E-state index contributed by atoms with van der Waals surface area (Å²) in [4.78, 5) is 12.5. The summed E-state index contributed by atoms with van der Waals surface area (Å²) in [5, 5.41) is 14.0. The van der Waals surface area contributed by atoms with E-state index in [1.807, 2.05) is 18.2 Å². The number of methoxy groups -OCH3 is 1. The predicted octanol–water partition coefficient (Wildman–Crippen LogP) is 6.41. The Kier molecular flexibility index (Phi) is 14.2. The Balaban J connectivity index is 1.31. The van der Waals surface area contributed by atoms with Gasteiger partial charge in [-0.25, -0.2) is 0 Å². The van der Waals surface area contributed by atoms with Crippen LogP contribution in [0.5, 0.6) is 0 Å². The molecular weight excluding hydrogens is 695 g/mol. The van der Waals surface area contributed by atoms with E-state index in [-0.39, 0.29) is 55.0 Å². The van der Waals surface area contributed by atoms with Gasteiger partial charge in [0.25, 0.3) is 0 Å². The van der Waals surface area contributed by atoms with E-state index in [9.17, 15) is 9.90 Å². The van der Waals surface area contributed by atoms with Gasteiger partial charge in [-0.05, 0) is 12.8 Å². The Labute approximate surface area is 301 Å². The maximum atomic E-state index is 12.6. The van der Waals surface area contributed by atoms with Crippen LogP contribution in [0.3, 0.4) is 0 Å². The van der Waals surface area contributed by atoms with E-state index in [2.05, 4.69) is 93.6 Å². The quantitative estimate of drug-likeness (QED) is 0.104. The fraction of sp³-hybridized carbons (Fsp3) is 0.537. The first kappa shape index (κ1) is 37.9. The molecule has 2 fully saturated rings. The molecule has 2 aliphatic rings. The van der Waals surface area contributed by atoms with Gasteiger partial charge < -0.3 is 0 Å². The van der Waals surface area contributed by atoms with Gasteiger partial charge in [-0.15, -0.1) is 0 Å². The molecule has 1 saturated heterocycles. The fourth-order valence-electron chi connectivity index (χ4n) is 7.84. The van der Waals surface area contributed by atoms with Crippen molar-refractivity contribution in [3.8, 4) is 0 Å². The predicted molar refractivity (Wildman–Crippen MR) is 200 cm³/mol. The Morgan fingerprint density at radius 1 is 0.898 bits per heavy atom. The van der Waals surface area contributed by atoms with Crippen molar-refractivity contribution in [2.75, 3.05) is 20.3 Å². The van der Waals surface area contributed by atoms with Crippen molar-refractivity contribution in [2.24, 2.45) is 11.8 Å². The fourth-order valence-corrected chi connectivity index (χ4v) is 14.8. The molecule has 0 radical (unpaired) electrons. The van der Waals surface area contributed by atoms with Gasteiger partial charge >= 0.3 is 202 Å². The van der Waals surface area contributed by atoms with Crippen LogP contribution in [0.2, 0.25) is 9.85 Å². The van der Waals surface area contributed by atoms with Gasteiger partial charge in [-0.1, -0.05) is 81.4 Å². The van der Waals surface area contributed by atoms with Crippen molar-refractivity contribution in [1.82, 2.24) is 0 Å². The van der Waals surface area contributed by atoms with E-state index < -0.39 is 14.4 Å². The first-order chi connectivity index (χ1) is 23.7. The topological polar surface area (TPSA) is 74.2 Å². The molecule has 6 atom stereocenters. The molecule has 2 unspecified atom stereocenters. The van der Waals surface area contributed by atoms with E-state index in [4.69, 9.17) is 18.6 Å². The van der Waals surface area contributed by atoms with E-state index >= 15 is 0 Å². The van der Waals surface area contributed by atoms with E-state index in [0.29, 0.717) is 13.0 Å². The van der Waals surface area contributed by atoms with Crippen LogP contribution >= 0.6 is 0 Å². The van der Waals surface area contributed by atoms with E-state index in [0.717, 1.165) is 58.0 Å². The van der Waals surface area contributed by atoms with Gasteiger partial charge in [0.1, 0.15) is 0 Å². The van der Waals surface area contributed by atoms with Crippen LogP contribution in [0.4, 0.5) is 0 Å². The SMILES string of the molecule is COC(=O)C(CCCCC[C@H]1[C@H](CO[Si](c2ccccc2)(c2ccccc2)C(C)(C)C)[C@@H](OC2CCCCO2)C[C@H]1O)[Se]c1ccccc1. The minimum absolute atomic E-state index is 0.0329. The monoisotopic (exact) mass is 752 g/mol. The molecule has 3 aromatic rings. The van der Waals surface area contributed by atoms with Crippen molar-refractivity contribution in [1.29, 1.82) is 0 Å². The van der Waals surface area contributed by atoms with Crippen molar-refractivity contribution >= 4 is 44.1 Å². The zero-order valence-electron chi connectivity index (χ0n) is 29.8. The summed E-state index contributed by atoms with van der Waals surface area (Å²) in [6.45, 7) is 8.18. The number of aliphatic hydroxyl groups is 1. The molecule has 1 N–H and O–H groups in total. The molecule has 0 bridgehead atoms. The third-order valence-electron chi connectivity index (χ3n) is 10.4. The van der Waals surface area contributed by atoms with Crippen molar-refractivity contribution in [3.63, 3.8) is 0 Å².